The van der Waals surface area contributed by atoms with Crippen molar-refractivity contribution in [3.05, 3.63) is 0 Å². The van der Waals surface area contributed by atoms with E-state index in [0.29, 0.717) is 12.3 Å². The lowest BCUT2D eigenvalue weighted by molar-refractivity contribution is 0.350. The van der Waals surface area contributed by atoms with E-state index in [4.69, 9.17) is 5.11 Å². The van der Waals surface area contributed by atoms with Crippen molar-refractivity contribution in [1.82, 2.24) is 5.32 Å². The van der Waals surface area contributed by atoms with Crippen molar-refractivity contribution in [2.45, 2.75) is 18.9 Å². The Morgan fingerprint density at radius 3 is 2.86 bits per heavy atom. The molecule has 1 unspecified atom stereocenters. The van der Waals surface area contributed by atoms with Crippen molar-refractivity contribution < 1.29 is 13.5 Å². The Hall–Kier alpha value is -0.570. The molecule has 0 spiro atoms. The van der Waals surface area contributed by atoms with Gasteiger partial charge in [0, 0.05) is 6.04 Å². The minimum atomic E-state index is -2.83. The number of sulfone groups is 1. The molecule has 0 aliphatic carbocycles. The standard InChI is InChI=1S/C9H15NO3S/c11-6-2-1-5-10-9-4-3-7-14(12,13)8-9/h9-11H,3-8H2. The molecule has 1 aliphatic rings. The second kappa shape index (κ2) is 5.35. The number of aliphatic hydroxyl groups is 1. The van der Waals surface area contributed by atoms with Crippen LogP contribution in [0.2, 0.25) is 0 Å². The highest BCUT2D eigenvalue weighted by Gasteiger charge is 2.23. The van der Waals surface area contributed by atoms with Gasteiger partial charge < -0.3 is 10.4 Å². The summed E-state index contributed by atoms with van der Waals surface area (Å²) in [7, 11) is -2.83. The summed E-state index contributed by atoms with van der Waals surface area (Å²) in [5.74, 6) is 5.74. The van der Waals surface area contributed by atoms with Crippen LogP contribution in [0.15, 0.2) is 0 Å². The third-order valence-corrected chi connectivity index (χ3v) is 3.97. The van der Waals surface area contributed by atoms with Gasteiger partial charge in [-0.1, -0.05) is 11.8 Å². The molecule has 5 heteroatoms. The van der Waals surface area contributed by atoms with Crippen molar-refractivity contribution in [2.75, 3.05) is 24.7 Å². The Bertz CT molecular complexity index is 326. The van der Waals surface area contributed by atoms with Crippen LogP contribution in [0.25, 0.3) is 0 Å². The lowest BCUT2D eigenvalue weighted by Crippen LogP contribution is -2.40. The summed E-state index contributed by atoms with van der Waals surface area (Å²) in [6.07, 6.45) is 1.62. The van der Waals surface area contributed by atoms with Crippen LogP contribution in [0.4, 0.5) is 0 Å². The monoisotopic (exact) mass is 217 g/mol. The maximum Gasteiger partial charge on any atom is 0.151 e. The first-order valence-electron chi connectivity index (χ1n) is 4.64. The van der Waals surface area contributed by atoms with Crippen molar-refractivity contribution in [3.63, 3.8) is 0 Å². The summed E-state index contributed by atoms with van der Waals surface area (Å²) in [6.45, 7) is 0.297. The van der Waals surface area contributed by atoms with Crippen molar-refractivity contribution in [2.24, 2.45) is 0 Å². The Kier molecular flexibility index (Phi) is 4.39. The van der Waals surface area contributed by atoms with Crippen LogP contribution in [0.1, 0.15) is 12.8 Å². The van der Waals surface area contributed by atoms with Crippen LogP contribution >= 0.6 is 0 Å². The van der Waals surface area contributed by atoms with Gasteiger partial charge in [0.05, 0.1) is 18.1 Å². The zero-order valence-corrected chi connectivity index (χ0v) is 8.81. The molecule has 1 fully saturated rings. The van der Waals surface area contributed by atoms with Gasteiger partial charge in [-0.2, -0.15) is 0 Å². The van der Waals surface area contributed by atoms with Gasteiger partial charge in [-0.3, -0.25) is 0 Å². The smallest absolute Gasteiger partial charge is 0.151 e. The molecule has 2 N–H and O–H groups in total. The molecular weight excluding hydrogens is 202 g/mol. The zero-order valence-electron chi connectivity index (χ0n) is 7.99. The van der Waals surface area contributed by atoms with E-state index in [1.165, 1.54) is 0 Å². The van der Waals surface area contributed by atoms with E-state index in [9.17, 15) is 8.42 Å². The van der Waals surface area contributed by atoms with Crippen molar-refractivity contribution >= 4 is 9.84 Å². The van der Waals surface area contributed by atoms with Gasteiger partial charge in [-0.25, -0.2) is 8.42 Å². The predicted octanol–water partition coefficient (Wildman–Crippen LogP) is -0.851. The van der Waals surface area contributed by atoms with Gasteiger partial charge in [-0.15, -0.1) is 0 Å². The summed E-state index contributed by atoms with van der Waals surface area (Å²) >= 11 is 0. The Labute approximate surface area is 84.6 Å². The molecule has 1 rings (SSSR count). The molecule has 0 saturated carbocycles. The summed E-state index contributed by atoms with van der Waals surface area (Å²) in [5.41, 5.74) is 0. The highest BCUT2D eigenvalue weighted by atomic mass is 32.2. The van der Waals surface area contributed by atoms with Gasteiger partial charge in [0.25, 0.3) is 0 Å². The number of hydrogen-bond acceptors (Lipinski definition) is 4. The fourth-order valence-electron chi connectivity index (χ4n) is 1.50. The second-order valence-electron chi connectivity index (χ2n) is 3.35. The van der Waals surface area contributed by atoms with Crippen molar-refractivity contribution in [3.8, 4) is 11.8 Å². The number of hydrogen-bond donors (Lipinski definition) is 2. The van der Waals surface area contributed by atoms with Crippen LogP contribution in [0, 0.1) is 11.8 Å². The summed E-state index contributed by atoms with van der Waals surface area (Å²) in [5, 5.41) is 11.4. The third-order valence-electron chi connectivity index (χ3n) is 2.15. The molecule has 1 saturated heterocycles. The molecule has 0 aromatic heterocycles. The van der Waals surface area contributed by atoms with Crippen LogP contribution in [0.5, 0.6) is 0 Å². The topological polar surface area (TPSA) is 66.4 Å². The van der Waals surface area contributed by atoms with E-state index in [-0.39, 0.29) is 18.4 Å². The van der Waals surface area contributed by atoms with Crippen molar-refractivity contribution in [1.29, 1.82) is 0 Å². The third kappa shape index (κ3) is 4.09. The Morgan fingerprint density at radius 2 is 2.21 bits per heavy atom. The molecule has 0 aromatic carbocycles. The average Bonchev–Trinajstić information content (AvgIpc) is 2.11. The van der Waals surface area contributed by atoms with E-state index < -0.39 is 9.84 Å². The first-order valence-corrected chi connectivity index (χ1v) is 6.46. The molecule has 0 radical (unpaired) electrons. The van der Waals surface area contributed by atoms with Crippen LogP contribution in [-0.2, 0) is 9.84 Å². The molecule has 14 heavy (non-hydrogen) atoms. The molecule has 4 nitrogen and oxygen atoms in total. The number of rotatable bonds is 2. The van der Waals surface area contributed by atoms with Gasteiger partial charge in [0.1, 0.15) is 6.61 Å². The fraction of sp³-hybridized carbons (Fsp3) is 0.778. The number of nitrogens with one attached hydrogen (secondary N) is 1. The van der Waals surface area contributed by atoms with E-state index in [1.54, 1.807) is 0 Å². The molecule has 1 heterocycles. The van der Waals surface area contributed by atoms with Crippen LogP contribution in [0.3, 0.4) is 0 Å². The Morgan fingerprint density at radius 1 is 1.43 bits per heavy atom. The lowest BCUT2D eigenvalue weighted by Gasteiger charge is -2.21. The molecule has 1 aliphatic heterocycles. The van der Waals surface area contributed by atoms with Crippen LogP contribution in [-0.4, -0.2) is 44.2 Å². The maximum absolute atomic E-state index is 11.2. The molecule has 0 aromatic rings. The van der Waals surface area contributed by atoms with Gasteiger partial charge in [0.2, 0.25) is 0 Å². The lowest BCUT2D eigenvalue weighted by atomic mass is 10.2. The first kappa shape index (κ1) is 11.5. The fourth-order valence-corrected chi connectivity index (χ4v) is 3.17. The van der Waals surface area contributed by atoms with E-state index in [2.05, 4.69) is 17.2 Å². The van der Waals surface area contributed by atoms with Gasteiger partial charge in [0.15, 0.2) is 9.84 Å². The average molecular weight is 217 g/mol. The largest absolute Gasteiger partial charge is 0.384 e. The van der Waals surface area contributed by atoms with Gasteiger partial charge >= 0.3 is 0 Å². The quantitative estimate of drug-likeness (QED) is 0.591. The van der Waals surface area contributed by atoms with E-state index in [0.717, 1.165) is 12.8 Å². The summed E-state index contributed by atoms with van der Waals surface area (Å²) in [6, 6.07) is 0.0294. The highest BCUT2D eigenvalue weighted by Crippen LogP contribution is 2.11. The minimum Gasteiger partial charge on any atom is -0.384 e. The molecular formula is C9H15NO3S. The van der Waals surface area contributed by atoms with Crippen LogP contribution < -0.4 is 5.32 Å². The summed E-state index contributed by atoms with van der Waals surface area (Å²) in [4.78, 5) is 0. The second-order valence-corrected chi connectivity index (χ2v) is 5.57. The molecule has 1 atom stereocenters. The molecule has 0 bridgehead atoms. The summed E-state index contributed by atoms with van der Waals surface area (Å²) < 4.78 is 22.5. The minimum absolute atomic E-state index is 0.0294. The maximum atomic E-state index is 11.2. The van der Waals surface area contributed by atoms with E-state index in [1.807, 2.05) is 0 Å². The first-order chi connectivity index (χ1) is 6.64. The number of aliphatic hydroxyl groups excluding tert-OH is 1. The normalized spacial score (nSPS) is 25.1. The molecule has 80 valence electrons. The van der Waals surface area contributed by atoms with E-state index >= 15 is 0 Å². The highest BCUT2D eigenvalue weighted by molar-refractivity contribution is 7.91. The van der Waals surface area contributed by atoms with Gasteiger partial charge in [-0.05, 0) is 12.8 Å². The zero-order chi connectivity index (χ0) is 10.4. The predicted molar refractivity (Wildman–Crippen MR) is 54.5 cm³/mol. The SMILES string of the molecule is O=S1(=O)CCCC(NCC#CCO)C1. The Balaban J connectivity index is 2.32. The molecule has 0 amide bonds.